The molecule has 4 rings (SSSR count). The third-order valence-corrected chi connectivity index (χ3v) is 7.18. The number of hydrogen-bond acceptors (Lipinski definition) is 7. The van der Waals surface area contributed by atoms with Gasteiger partial charge >= 0.3 is 6.18 Å². The van der Waals surface area contributed by atoms with Crippen LogP contribution < -0.4 is 21.3 Å². The van der Waals surface area contributed by atoms with Crippen molar-refractivity contribution in [2.24, 2.45) is 0 Å². The van der Waals surface area contributed by atoms with E-state index in [-0.39, 0.29) is 28.7 Å². The minimum absolute atomic E-state index is 0.157. The third-order valence-electron chi connectivity index (χ3n) is 7.18. The first-order chi connectivity index (χ1) is 22.4. The van der Waals surface area contributed by atoms with Crippen LogP contribution in [0.5, 0.6) is 0 Å². The second-order valence-corrected chi connectivity index (χ2v) is 10.9. The van der Waals surface area contributed by atoms with Crippen molar-refractivity contribution in [3.05, 3.63) is 107 Å². The number of carbonyl (C=O) groups is 3. The van der Waals surface area contributed by atoms with E-state index in [1.165, 1.54) is 24.5 Å². The molecule has 1 aromatic heterocycles. The van der Waals surface area contributed by atoms with Crippen molar-refractivity contribution in [2.75, 3.05) is 42.6 Å². The van der Waals surface area contributed by atoms with Gasteiger partial charge in [-0.25, -0.2) is 9.97 Å². The summed E-state index contributed by atoms with van der Waals surface area (Å²) in [6, 6.07) is 15.5. The van der Waals surface area contributed by atoms with Gasteiger partial charge in [-0.05, 0) is 87.1 Å². The van der Waals surface area contributed by atoms with Crippen LogP contribution in [0, 0.1) is 6.92 Å². The molecule has 3 aromatic carbocycles. The van der Waals surface area contributed by atoms with Gasteiger partial charge in [-0.15, -0.1) is 0 Å². The maximum Gasteiger partial charge on any atom is 0.416 e. The molecule has 0 fully saturated rings. The molecule has 0 aliphatic carbocycles. The Morgan fingerprint density at radius 3 is 2.15 bits per heavy atom. The highest BCUT2D eigenvalue weighted by Crippen LogP contribution is 2.30. The van der Waals surface area contributed by atoms with Crippen molar-refractivity contribution in [1.82, 2.24) is 20.2 Å². The van der Waals surface area contributed by atoms with Crippen LogP contribution in [0.3, 0.4) is 0 Å². The van der Waals surface area contributed by atoms with Crippen LogP contribution in [0.2, 0.25) is 0 Å². The van der Waals surface area contributed by atoms with Gasteiger partial charge in [-0.3, -0.25) is 14.4 Å². The van der Waals surface area contributed by atoms with Crippen molar-refractivity contribution >= 4 is 40.7 Å². The Bertz CT molecular complexity index is 1690. The minimum atomic E-state index is -4.58. The zero-order chi connectivity index (χ0) is 34.0. The molecular weight excluding hydrogens is 611 g/mol. The number of nitrogens with zero attached hydrogens (tertiary/aromatic N) is 3. The standard InChI is InChI=1S/C34H36F3N7O3/c1-4-5-16-44(3)17-15-38-30(45)23-10-13-26(14-11-23)43-33-39-20-28(21-40-33)42-32(47)29-19-27(12-9-22(29)2)41-31(46)24-7-6-8-25(18-24)34(35,36)37/h6-14,18-21H,4-5,15-17H2,1-3H3,(H,38,45)(H,41,46)(H,42,47)(H,39,40,43). The molecule has 0 radical (unpaired) electrons. The van der Waals surface area contributed by atoms with Gasteiger partial charge in [0, 0.05) is 41.2 Å². The Labute approximate surface area is 270 Å². The molecule has 3 amide bonds. The summed E-state index contributed by atoms with van der Waals surface area (Å²) in [4.78, 5) is 48.8. The van der Waals surface area contributed by atoms with Gasteiger partial charge in [0.1, 0.15) is 0 Å². The minimum Gasteiger partial charge on any atom is -0.351 e. The quantitative estimate of drug-likeness (QED) is 0.130. The van der Waals surface area contributed by atoms with Crippen molar-refractivity contribution in [1.29, 1.82) is 0 Å². The summed E-state index contributed by atoms with van der Waals surface area (Å²) in [6.45, 7) is 6.18. The van der Waals surface area contributed by atoms with Crippen LogP contribution in [-0.4, -0.2) is 59.3 Å². The lowest BCUT2D eigenvalue weighted by molar-refractivity contribution is -0.137. The summed E-state index contributed by atoms with van der Waals surface area (Å²) in [5.41, 5.74) is 1.47. The lowest BCUT2D eigenvalue weighted by atomic mass is 10.1. The first-order valence-corrected chi connectivity index (χ1v) is 15.0. The largest absolute Gasteiger partial charge is 0.416 e. The molecular formula is C34H36F3N7O3. The molecule has 0 spiro atoms. The van der Waals surface area contributed by atoms with Gasteiger partial charge in [0.15, 0.2) is 0 Å². The molecule has 0 aliphatic heterocycles. The Kier molecular flexibility index (Phi) is 11.6. The van der Waals surface area contributed by atoms with E-state index in [0.717, 1.165) is 44.1 Å². The second-order valence-electron chi connectivity index (χ2n) is 10.9. The average Bonchev–Trinajstić information content (AvgIpc) is 3.05. The van der Waals surface area contributed by atoms with Crippen LogP contribution in [-0.2, 0) is 6.18 Å². The maximum absolute atomic E-state index is 13.1. The number of unbranched alkanes of at least 4 members (excludes halogenated alkanes) is 1. The molecule has 47 heavy (non-hydrogen) atoms. The van der Waals surface area contributed by atoms with Gasteiger partial charge in [0.25, 0.3) is 17.7 Å². The molecule has 0 saturated carbocycles. The number of aromatic nitrogens is 2. The number of hydrogen-bond donors (Lipinski definition) is 4. The fourth-order valence-electron chi connectivity index (χ4n) is 4.48. The van der Waals surface area contributed by atoms with Crippen molar-refractivity contribution in [3.8, 4) is 0 Å². The predicted octanol–water partition coefficient (Wildman–Crippen LogP) is 6.51. The molecule has 0 bridgehead atoms. The Hall–Kier alpha value is -5.30. The summed E-state index contributed by atoms with van der Waals surface area (Å²) < 4.78 is 39.2. The average molecular weight is 648 g/mol. The van der Waals surface area contributed by atoms with Gasteiger partial charge in [-0.1, -0.05) is 25.5 Å². The highest BCUT2D eigenvalue weighted by atomic mass is 19.4. The number of rotatable bonds is 13. The molecule has 246 valence electrons. The predicted molar refractivity (Wildman–Crippen MR) is 175 cm³/mol. The summed E-state index contributed by atoms with van der Waals surface area (Å²) in [5.74, 6) is -1.13. The van der Waals surface area contributed by atoms with Crippen LogP contribution in [0.15, 0.2) is 79.1 Å². The van der Waals surface area contributed by atoms with E-state index < -0.39 is 23.6 Å². The zero-order valence-corrected chi connectivity index (χ0v) is 26.2. The van der Waals surface area contributed by atoms with Gasteiger partial charge in [0.05, 0.1) is 23.6 Å². The number of anilines is 4. The van der Waals surface area contributed by atoms with E-state index in [2.05, 4.69) is 43.1 Å². The Morgan fingerprint density at radius 2 is 1.47 bits per heavy atom. The molecule has 4 aromatic rings. The van der Waals surface area contributed by atoms with E-state index in [4.69, 9.17) is 0 Å². The fraction of sp³-hybridized carbons (Fsp3) is 0.265. The second kappa shape index (κ2) is 15.8. The molecule has 0 saturated heterocycles. The van der Waals surface area contributed by atoms with E-state index in [0.29, 0.717) is 29.0 Å². The van der Waals surface area contributed by atoms with E-state index in [1.807, 2.05) is 7.05 Å². The van der Waals surface area contributed by atoms with Crippen LogP contribution in [0.4, 0.5) is 36.2 Å². The van der Waals surface area contributed by atoms with Gasteiger partial charge < -0.3 is 26.2 Å². The number of halogens is 3. The zero-order valence-electron chi connectivity index (χ0n) is 26.2. The number of aryl methyl sites for hydroxylation is 1. The summed E-state index contributed by atoms with van der Waals surface area (Å²) in [5, 5.41) is 11.2. The monoisotopic (exact) mass is 647 g/mol. The summed E-state index contributed by atoms with van der Waals surface area (Å²) in [6.07, 6.45) is 0.499. The lowest BCUT2D eigenvalue weighted by Crippen LogP contribution is -2.33. The highest BCUT2D eigenvalue weighted by molar-refractivity contribution is 6.08. The number of alkyl halides is 3. The number of likely N-dealkylation sites (N-methyl/N-ethyl adjacent to an activating group) is 1. The van der Waals surface area contributed by atoms with Crippen LogP contribution in [0.1, 0.15) is 62.0 Å². The molecule has 4 N–H and O–H groups in total. The number of nitrogens with one attached hydrogen (secondary N) is 4. The topological polar surface area (TPSA) is 128 Å². The van der Waals surface area contributed by atoms with Gasteiger partial charge in [0.2, 0.25) is 5.95 Å². The number of benzene rings is 3. The lowest BCUT2D eigenvalue weighted by Gasteiger charge is -2.16. The SMILES string of the molecule is CCCCN(C)CCNC(=O)c1ccc(Nc2ncc(NC(=O)c3cc(NC(=O)c4cccc(C(F)(F)F)c4)ccc3C)cn2)cc1. The van der Waals surface area contributed by atoms with E-state index in [9.17, 15) is 27.6 Å². The Morgan fingerprint density at radius 1 is 0.787 bits per heavy atom. The molecule has 0 unspecified atom stereocenters. The van der Waals surface area contributed by atoms with Crippen molar-refractivity contribution < 1.29 is 27.6 Å². The smallest absolute Gasteiger partial charge is 0.351 e. The molecule has 10 nitrogen and oxygen atoms in total. The number of amides is 3. The first kappa shape index (κ1) is 34.6. The van der Waals surface area contributed by atoms with Gasteiger partial charge in [-0.2, -0.15) is 13.2 Å². The normalized spacial score (nSPS) is 11.2. The van der Waals surface area contributed by atoms with E-state index >= 15 is 0 Å². The fourth-order valence-corrected chi connectivity index (χ4v) is 4.48. The summed E-state index contributed by atoms with van der Waals surface area (Å²) in [7, 11) is 2.03. The highest BCUT2D eigenvalue weighted by Gasteiger charge is 2.31. The van der Waals surface area contributed by atoms with E-state index in [1.54, 1.807) is 43.3 Å². The molecule has 0 atom stereocenters. The molecule has 13 heteroatoms. The van der Waals surface area contributed by atoms with Crippen molar-refractivity contribution in [3.63, 3.8) is 0 Å². The third kappa shape index (κ3) is 10.1. The first-order valence-electron chi connectivity index (χ1n) is 15.0. The molecule has 1 heterocycles. The van der Waals surface area contributed by atoms with Crippen LogP contribution >= 0.6 is 0 Å². The van der Waals surface area contributed by atoms with Crippen LogP contribution in [0.25, 0.3) is 0 Å². The maximum atomic E-state index is 13.1. The van der Waals surface area contributed by atoms with Crippen molar-refractivity contribution in [2.45, 2.75) is 32.9 Å². The summed E-state index contributed by atoms with van der Waals surface area (Å²) >= 11 is 0. The number of carbonyl (C=O) groups excluding carboxylic acids is 3. The Balaban J connectivity index is 1.31. The molecule has 0 aliphatic rings.